The standard InChI is InChI=1S/C24H28F2N2O2/c1-2-22(24(30)27-20-8-4-5-9-20)28(16-17-11-13-19(25)14-12-17)23(29)15-18-7-3-6-10-21(18)26/h3,6-7,10-14,20,22H,2,4-5,8-9,15-16H2,1H3,(H,27,30)/t22-/m1/s1. The van der Waals surface area contributed by atoms with Crippen LogP contribution in [-0.4, -0.2) is 28.8 Å². The van der Waals surface area contributed by atoms with Crippen molar-refractivity contribution in [3.8, 4) is 0 Å². The molecule has 160 valence electrons. The first-order valence-electron chi connectivity index (χ1n) is 10.6. The Balaban J connectivity index is 1.82. The van der Waals surface area contributed by atoms with Crippen LogP contribution in [0.1, 0.15) is 50.2 Å². The van der Waals surface area contributed by atoms with Crippen molar-refractivity contribution in [3.63, 3.8) is 0 Å². The highest BCUT2D eigenvalue weighted by molar-refractivity contribution is 5.88. The third kappa shape index (κ3) is 5.65. The third-order valence-electron chi connectivity index (χ3n) is 5.65. The van der Waals surface area contributed by atoms with Crippen molar-refractivity contribution < 1.29 is 18.4 Å². The maximum absolute atomic E-state index is 14.1. The van der Waals surface area contributed by atoms with Crippen LogP contribution in [0.2, 0.25) is 0 Å². The zero-order valence-electron chi connectivity index (χ0n) is 17.2. The lowest BCUT2D eigenvalue weighted by molar-refractivity contribution is -0.141. The van der Waals surface area contributed by atoms with Gasteiger partial charge in [0.2, 0.25) is 11.8 Å². The summed E-state index contributed by atoms with van der Waals surface area (Å²) in [5.41, 5.74) is 1.00. The van der Waals surface area contributed by atoms with Gasteiger partial charge in [0, 0.05) is 12.6 Å². The summed E-state index contributed by atoms with van der Waals surface area (Å²) in [5, 5.41) is 3.07. The molecular formula is C24H28F2N2O2. The maximum Gasteiger partial charge on any atom is 0.243 e. The average molecular weight is 414 g/mol. The van der Waals surface area contributed by atoms with E-state index < -0.39 is 11.9 Å². The van der Waals surface area contributed by atoms with E-state index in [1.54, 1.807) is 30.3 Å². The summed E-state index contributed by atoms with van der Waals surface area (Å²) in [6, 6.07) is 11.5. The molecular weight excluding hydrogens is 386 g/mol. The van der Waals surface area contributed by atoms with Crippen LogP contribution in [0.25, 0.3) is 0 Å². The second kappa shape index (κ2) is 10.3. The van der Waals surface area contributed by atoms with E-state index in [0.29, 0.717) is 12.0 Å². The molecule has 2 amide bonds. The fourth-order valence-electron chi connectivity index (χ4n) is 3.98. The number of carbonyl (C=O) groups is 2. The number of carbonyl (C=O) groups excluding carboxylic acids is 2. The summed E-state index contributed by atoms with van der Waals surface area (Å²) in [4.78, 5) is 27.7. The van der Waals surface area contributed by atoms with E-state index in [9.17, 15) is 18.4 Å². The first-order chi connectivity index (χ1) is 14.5. The second-order valence-electron chi connectivity index (χ2n) is 7.83. The molecule has 0 unspecified atom stereocenters. The van der Waals surface area contributed by atoms with Gasteiger partial charge in [0.15, 0.2) is 0 Å². The van der Waals surface area contributed by atoms with E-state index in [1.165, 1.54) is 23.1 Å². The Morgan fingerprint density at radius 1 is 1.07 bits per heavy atom. The molecule has 1 atom stereocenters. The fourth-order valence-corrected chi connectivity index (χ4v) is 3.98. The molecule has 3 rings (SSSR count). The molecule has 0 spiro atoms. The van der Waals surface area contributed by atoms with Gasteiger partial charge in [-0.05, 0) is 48.6 Å². The zero-order valence-corrected chi connectivity index (χ0v) is 17.2. The number of amides is 2. The maximum atomic E-state index is 14.1. The van der Waals surface area contributed by atoms with E-state index >= 15 is 0 Å². The molecule has 0 heterocycles. The van der Waals surface area contributed by atoms with Crippen LogP contribution >= 0.6 is 0 Å². The minimum atomic E-state index is -0.671. The van der Waals surface area contributed by atoms with Gasteiger partial charge in [-0.3, -0.25) is 9.59 Å². The first-order valence-corrected chi connectivity index (χ1v) is 10.6. The number of hydrogen-bond donors (Lipinski definition) is 1. The van der Waals surface area contributed by atoms with Gasteiger partial charge in [-0.15, -0.1) is 0 Å². The molecule has 0 radical (unpaired) electrons. The average Bonchev–Trinajstić information content (AvgIpc) is 3.24. The molecule has 1 saturated carbocycles. The van der Waals surface area contributed by atoms with Gasteiger partial charge in [0.25, 0.3) is 0 Å². The van der Waals surface area contributed by atoms with Crippen molar-refractivity contribution in [2.45, 2.75) is 64.1 Å². The molecule has 2 aromatic carbocycles. The minimum absolute atomic E-state index is 0.138. The van der Waals surface area contributed by atoms with Crippen LogP contribution in [-0.2, 0) is 22.6 Å². The largest absolute Gasteiger partial charge is 0.352 e. The molecule has 1 aliphatic rings. The number of benzene rings is 2. The van der Waals surface area contributed by atoms with E-state index in [0.717, 1.165) is 25.7 Å². The molecule has 0 aromatic heterocycles. The molecule has 1 aliphatic carbocycles. The van der Waals surface area contributed by atoms with E-state index in [2.05, 4.69) is 5.32 Å². The van der Waals surface area contributed by atoms with Gasteiger partial charge < -0.3 is 10.2 Å². The van der Waals surface area contributed by atoms with Crippen molar-refractivity contribution in [3.05, 3.63) is 71.3 Å². The Morgan fingerprint density at radius 3 is 2.37 bits per heavy atom. The quantitative estimate of drug-likeness (QED) is 0.697. The van der Waals surface area contributed by atoms with Crippen LogP contribution in [0, 0.1) is 11.6 Å². The first kappa shape index (κ1) is 21.9. The van der Waals surface area contributed by atoms with Crippen molar-refractivity contribution in [1.29, 1.82) is 0 Å². The molecule has 1 N–H and O–H groups in total. The topological polar surface area (TPSA) is 49.4 Å². The summed E-state index contributed by atoms with van der Waals surface area (Å²) < 4.78 is 27.4. The van der Waals surface area contributed by atoms with E-state index in [-0.39, 0.29) is 42.2 Å². The molecule has 0 bridgehead atoms. The Bertz CT molecular complexity index is 864. The molecule has 0 aliphatic heterocycles. The Labute approximate surface area is 176 Å². The summed E-state index contributed by atoms with van der Waals surface area (Å²) in [6.07, 6.45) is 4.37. The van der Waals surface area contributed by atoms with Crippen LogP contribution < -0.4 is 5.32 Å². The van der Waals surface area contributed by atoms with Crippen LogP contribution in [0.15, 0.2) is 48.5 Å². The van der Waals surface area contributed by atoms with Gasteiger partial charge >= 0.3 is 0 Å². The monoisotopic (exact) mass is 414 g/mol. The van der Waals surface area contributed by atoms with Gasteiger partial charge in [-0.2, -0.15) is 0 Å². The second-order valence-corrected chi connectivity index (χ2v) is 7.83. The Hall–Kier alpha value is -2.76. The van der Waals surface area contributed by atoms with Crippen LogP contribution in [0.4, 0.5) is 8.78 Å². The van der Waals surface area contributed by atoms with Gasteiger partial charge in [-0.1, -0.05) is 50.1 Å². The highest BCUT2D eigenvalue weighted by Gasteiger charge is 2.30. The summed E-state index contributed by atoms with van der Waals surface area (Å²) in [6.45, 7) is 2.01. The van der Waals surface area contributed by atoms with Gasteiger partial charge in [0.1, 0.15) is 17.7 Å². The number of halogens is 2. The normalized spacial score (nSPS) is 15.0. The lowest BCUT2D eigenvalue weighted by Gasteiger charge is -2.31. The smallest absolute Gasteiger partial charge is 0.243 e. The SMILES string of the molecule is CC[C@H](C(=O)NC1CCCC1)N(Cc1ccc(F)cc1)C(=O)Cc1ccccc1F. The lowest BCUT2D eigenvalue weighted by atomic mass is 10.1. The molecule has 2 aromatic rings. The zero-order chi connectivity index (χ0) is 21.5. The highest BCUT2D eigenvalue weighted by atomic mass is 19.1. The Morgan fingerprint density at radius 2 is 1.73 bits per heavy atom. The molecule has 30 heavy (non-hydrogen) atoms. The molecule has 4 nitrogen and oxygen atoms in total. The third-order valence-corrected chi connectivity index (χ3v) is 5.65. The number of nitrogens with zero attached hydrogens (tertiary/aromatic N) is 1. The van der Waals surface area contributed by atoms with E-state index in [1.807, 2.05) is 6.92 Å². The fraction of sp³-hybridized carbons (Fsp3) is 0.417. The number of hydrogen-bond acceptors (Lipinski definition) is 2. The number of nitrogens with one attached hydrogen (secondary N) is 1. The van der Waals surface area contributed by atoms with Crippen molar-refractivity contribution >= 4 is 11.8 Å². The van der Waals surface area contributed by atoms with Crippen molar-refractivity contribution in [2.75, 3.05) is 0 Å². The minimum Gasteiger partial charge on any atom is -0.352 e. The summed E-state index contributed by atoms with van der Waals surface area (Å²) in [7, 11) is 0. The Kier molecular flexibility index (Phi) is 7.55. The molecule has 6 heteroatoms. The van der Waals surface area contributed by atoms with Crippen LogP contribution in [0.5, 0.6) is 0 Å². The highest BCUT2D eigenvalue weighted by Crippen LogP contribution is 2.20. The predicted molar refractivity (Wildman–Crippen MR) is 112 cm³/mol. The number of rotatable bonds is 8. The summed E-state index contributed by atoms with van der Waals surface area (Å²) in [5.74, 6) is -1.34. The van der Waals surface area contributed by atoms with Gasteiger partial charge in [-0.25, -0.2) is 8.78 Å². The predicted octanol–water partition coefficient (Wildman–Crippen LogP) is 4.37. The van der Waals surface area contributed by atoms with Crippen molar-refractivity contribution in [2.24, 2.45) is 0 Å². The van der Waals surface area contributed by atoms with Crippen LogP contribution in [0.3, 0.4) is 0 Å². The summed E-state index contributed by atoms with van der Waals surface area (Å²) >= 11 is 0. The van der Waals surface area contributed by atoms with Gasteiger partial charge in [0.05, 0.1) is 6.42 Å². The molecule has 1 fully saturated rings. The van der Waals surface area contributed by atoms with Crippen molar-refractivity contribution in [1.82, 2.24) is 10.2 Å². The molecule has 0 saturated heterocycles. The van der Waals surface area contributed by atoms with E-state index in [4.69, 9.17) is 0 Å². The lowest BCUT2D eigenvalue weighted by Crippen LogP contribution is -2.51.